The van der Waals surface area contributed by atoms with Gasteiger partial charge in [-0.2, -0.15) is 0 Å². The molecule has 0 unspecified atom stereocenters. The fraction of sp³-hybridized carbons (Fsp3) is 0.238. The maximum absolute atomic E-state index is 12.3. The lowest BCUT2D eigenvalue weighted by Crippen LogP contribution is -2.19. The Labute approximate surface area is 163 Å². The maximum Gasteiger partial charge on any atom is 0.264 e. The number of hydrogen-bond donors (Lipinski definition) is 1. The normalized spacial score (nSPS) is 17.8. The molecule has 2 aromatic carbocycles. The van der Waals surface area contributed by atoms with Crippen LogP contribution in [-0.2, 0) is 4.79 Å². The second kappa shape index (κ2) is 8.77. The Kier molecular flexibility index (Phi) is 6.19. The molecule has 140 valence electrons. The van der Waals surface area contributed by atoms with Crippen molar-refractivity contribution >= 4 is 34.6 Å². The second-order valence-corrected chi connectivity index (χ2v) is 7.08. The van der Waals surface area contributed by atoms with Crippen molar-refractivity contribution in [3.63, 3.8) is 0 Å². The van der Waals surface area contributed by atoms with Crippen molar-refractivity contribution in [1.82, 2.24) is 5.32 Å². The second-order valence-electron chi connectivity index (χ2n) is 6.05. The summed E-state index contributed by atoms with van der Waals surface area (Å²) in [5, 5.41) is 3.36. The predicted octanol–water partition coefficient (Wildman–Crippen LogP) is 4.76. The molecule has 0 bridgehead atoms. The van der Waals surface area contributed by atoms with E-state index in [0.717, 1.165) is 29.2 Å². The van der Waals surface area contributed by atoms with E-state index < -0.39 is 0 Å². The molecule has 27 heavy (non-hydrogen) atoms. The summed E-state index contributed by atoms with van der Waals surface area (Å²) in [6, 6.07) is 15.1. The number of amidine groups is 1. The molecule has 0 aromatic heterocycles. The van der Waals surface area contributed by atoms with Crippen LogP contribution < -0.4 is 14.8 Å². The van der Waals surface area contributed by atoms with Crippen LogP contribution in [0.3, 0.4) is 0 Å². The molecule has 1 aliphatic rings. The third kappa shape index (κ3) is 4.92. The summed E-state index contributed by atoms with van der Waals surface area (Å²) in [7, 11) is 1.62. The fourth-order valence-electron chi connectivity index (χ4n) is 2.40. The van der Waals surface area contributed by atoms with Gasteiger partial charge in [-0.3, -0.25) is 4.79 Å². The summed E-state index contributed by atoms with van der Waals surface area (Å²) in [6.45, 7) is 4.11. The topological polar surface area (TPSA) is 59.9 Å². The molecule has 0 radical (unpaired) electrons. The van der Waals surface area contributed by atoms with E-state index in [2.05, 4.69) is 17.2 Å². The molecule has 5 nitrogen and oxygen atoms in total. The van der Waals surface area contributed by atoms with Gasteiger partial charge in [-0.25, -0.2) is 4.99 Å². The van der Waals surface area contributed by atoms with Gasteiger partial charge in [0.15, 0.2) is 5.17 Å². The lowest BCUT2D eigenvalue weighted by Gasteiger charge is -2.14. The van der Waals surface area contributed by atoms with Crippen molar-refractivity contribution in [2.45, 2.75) is 26.4 Å². The van der Waals surface area contributed by atoms with Gasteiger partial charge in [-0.05, 0) is 61.5 Å². The SMILES string of the molecule is CC[C@@H](C)Oc1ccccc1/C=C1\SC(=Nc2ccc(OC)cc2)NC1=O. The van der Waals surface area contributed by atoms with Gasteiger partial charge < -0.3 is 14.8 Å². The average molecular weight is 382 g/mol. The van der Waals surface area contributed by atoms with E-state index in [1.165, 1.54) is 11.8 Å². The maximum atomic E-state index is 12.3. The van der Waals surface area contributed by atoms with Crippen LogP contribution in [0, 0.1) is 0 Å². The Bertz CT molecular complexity index is 875. The third-order valence-electron chi connectivity index (χ3n) is 4.06. The molecule has 1 aliphatic heterocycles. The Balaban J connectivity index is 1.80. The summed E-state index contributed by atoms with van der Waals surface area (Å²) in [5.41, 5.74) is 1.63. The number of para-hydroxylation sites is 1. The number of nitrogens with zero attached hydrogens (tertiary/aromatic N) is 1. The van der Waals surface area contributed by atoms with Gasteiger partial charge in [-0.15, -0.1) is 0 Å². The molecular weight excluding hydrogens is 360 g/mol. The number of benzene rings is 2. The van der Waals surface area contributed by atoms with E-state index >= 15 is 0 Å². The van der Waals surface area contributed by atoms with Crippen molar-refractivity contribution in [2.24, 2.45) is 4.99 Å². The molecular formula is C21H22N2O3S. The highest BCUT2D eigenvalue weighted by atomic mass is 32.2. The molecule has 1 fully saturated rings. The first-order chi connectivity index (χ1) is 13.1. The summed E-state index contributed by atoms with van der Waals surface area (Å²) in [5.74, 6) is 1.37. The van der Waals surface area contributed by atoms with Gasteiger partial charge >= 0.3 is 0 Å². The molecule has 1 amide bonds. The number of hydrogen-bond acceptors (Lipinski definition) is 5. The van der Waals surface area contributed by atoms with E-state index in [4.69, 9.17) is 9.47 Å². The van der Waals surface area contributed by atoms with Crippen LogP contribution in [0.15, 0.2) is 58.4 Å². The Morgan fingerprint density at radius 2 is 1.93 bits per heavy atom. The van der Waals surface area contributed by atoms with E-state index in [0.29, 0.717) is 10.1 Å². The van der Waals surface area contributed by atoms with Gasteiger partial charge in [0.2, 0.25) is 0 Å². The van der Waals surface area contributed by atoms with Crippen LogP contribution in [0.2, 0.25) is 0 Å². The zero-order valence-electron chi connectivity index (χ0n) is 15.6. The van der Waals surface area contributed by atoms with Crippen LogP contribution in [-0.4, -0.2) is 24.3 Å². The lowest BCUT2D eigenvalue weighted by atomic mass is 10.1. The number of carbonyl (C=O) groups excluding carboxylic acids is 1. The van der Waals surface area contributed by atoms with Gasteiger partial charge in [0, 0.05) is 5.56 Å². The van der Waals surface area contributed by atoms with E-state index in [-0.39, 0.29) is 12.0 Å². The van der Waals surface area contributed by atoms with Crippen molar-refractivity contribution in [1.29, 1.82) is 0 Å². The molecule has 2 aromatic rings. The first-order valence-corrected chi connectivity index (χ1v) is 9.60. The molecule has 6 heteroatoms. The number of carbonyl (C=O) groups is 1. The van der Waals surface area contributed by atoms with Gasteiger partial charge in [0.05, 0.1) is 23.8 Å². The van der Waals surface area contributed by atoms with Crippen molar-refractivity contribution in [3.8, 4) is 11.5 Å². The lowest BCUT2D eigenvalue weighted by molar-refractivity contribution is -0.115. The standard InChI is InChI=1S/C21H22N2O3S/c1-4-14(2)26-18-8-6-5-7-15(18)13-19-20(24)23-21(27-19)22-16-9-11-17(25-3)12-10-16/h5-14H,4H2,1-3H3,(H,22,23,24)/b19-13-/t14-/m1/s1. The summed E-state index contributed by atoms with van der Waals surface area (Å²) in [6.07, 6.45) is 2.87. The highest BCUT2D eigenvalue weighted by Gasteiger charge is 2.24. The molecule has 1 heterocycles. The Hall–Kier alpha value is -2.73. The molecule has 1 atom stereocenters. The number of aliphatic imine (C=N–C) groups is 1. The number of ether oxygens (including phenoxy) is 2. The predicted molar refractivity (Wildman–Crippen MR) is 111 cm³/mol. The van der Waals surface area contributed by atoms with Crippen LogP contribution in [0.5, 0.6) is 11.5 Å². The van der Waals surface area contributed by atoms with Crippen LogP contribution in [0.1, 0.15) is 25.8 Å². The van der Waals surface area contributed by atoms with Crippen LogP contribution in [0.25, 0.3) is 6.08 Å². The van der Waals surface area contributed by atoms with Crippen LogP contribution >= 0.6 is 11.8 Å². The number of amides is 1. The fourth-order valence-corrected chi connectivity index (χ4v) is 3.24. The number of thioether (sulfide) groups is 1. The summed E-state index contributed by atoms with van der Waals surface area (Å²) < 4.78 is 11.1. The summed E-state index contributed by atoms with van der Waals surface area (Å²) in [4.78, 5) is 17.4. The monoisotopic (exact) mass is 382 g/mol. The van der Waals surface area contributed by atoms with Gasteiger partial charge in [-0.1, -0.05) is 25.1 Å². The summed E-state index contributed by atoms with van der Waals surface area (Å²) >= 11 is 1.32. The smallest absolute Gasteiger partial charge is 0.264 e. The van der Waals surface area contributed by atoms with Crippen molar-refractivity contribution < 1.29 is 14.3 Å². The zero-order valence-corrected chi connectivity index (χ0v) is 16.4. The Morgan fingerprint density at radius 3 is 2.63 bits per heavy atom. The minimum absolute atomic E-state index is 0.113. The molecule has 1 saturated heterocycles. The molecule has 3 rings (SSSR count). The Morgan fingerprint density at radius 1 is 1.19 bits per heavy atom. The molecule has 1 N–H and O–H groups in total. The average Bonchev–Trinajstić information content (AvgIpc) is 3.02. The van der Waals surface area contributed by atoms with E-state index in [9.17, 15) is 4.79 Å². The van der Waals surface area contributed by atoms with Crippen molar-refractivity contribution in [3.05, 3.63) is 59.0 Å². The quantitative estimate of drug-likeness (QED) is 0.732. The largest absolute Gasteiger partial charge is 0.497 e. The van der Waals surface area contributed by atoms with Gasteiger partial charge in [0.25, 0.3) is 5.91 Å². The minimum Gasteiger partial charge on any atom is -0.497 e. The minimum atomic E-state index is -0.161. The number of rotatable bonds is 6. The highest BCUT2D eigenvalue weighted by Crippen LogP contribution is 2.31. The van der Waals surface area contributed by atoms with Gasteiger partial charge in [0.1, 0.15) is 11.5 Å². The third-order valence-corrected chi connectivity index (χ3v) is 4.97. The first kappa shape index (κ1) is 19.0. The van der Waals surface area contributed by atoms with E-state index in [1.54, 1.807) is 7.11 Å². The molecule has 0 saturated carbocycles. The van der Waals surface area contributed by atoms with Crippen LogP contribution in [0.4, 0.5) is 5.69 Å². The highest BCUT2D eigenvalue weighted by molar-refractivity contribution is 8.18. The molecule has 0 spiro atoms. The number of nitrogens with one attached hydrogen (secondary N) is 1. The van der Waals surface area contributed by atoms with E-state index in [1.807, 2.05) is 61.5 Å². The van der Waals surface area contributed by atoms with Crippen molar-refractivity contribution in [2.75, 3.05) is 7.11 Å². The molecule has 0 aliphatic carbocycles. The first-order valence-electron chi connectivity index (χ1n) is 8.78. The number of methoxy groups -OCH3 is 1. The zero-order chi connectivity index (χ0) is 19.2.